The number of pyridine rings is 1. The molecule has 9 heteroatoms. The van der Waals surface area contributed by atoms with Crippen LogP contribution in [0, 0.1) is 5.41 Å². The summed E-state index contributed by atoms with van der Waals surface area (Å²) < 4.78 is 29.4. The average molecular weight is 446 g/mol. The zero-order valence-corrected chi connectivity index (χ0v) is 19.3. The molecule has 0 bridgehead atoms. The van der Waals surface area contributed by atoms with Crippen LogP contribution in [0.3, 0.4) is 0 Å². The predicted octanol–water partition coefficient (Wildman–Crippen LogP) is 2.42. The molecule has 2 aliphatic heterocycles. The van der Waals surface area contributed by atoms with Gasteiger partial charge < -0.3 is 9.47 Å². The Morgan fingerprint density at radius 2 is 2.00 bits per heavy atom. The third-order valence-corrected chi connectivity index (χ3v) is 8.59. The van der Waals surface area contributed by atoms with Gasteiger partial charge in [0.2, 0.25) is 15.9 Å². The molecular formula is C22H31N5O3S. The van der Waals surface area contributed by atoms with E-state index in [2.05, 4.69) is 23.8 Å². The first-order valence-corrected chi connectivity index (χ1v) is 12.6. The van der Waals surface area contributed by atoms with Gasteiger partial charge in [0.15, 0.2) is 0 Å². The van der Waals surface area contributed by atoms with Crippen molar-refractivity contribution < 1.29 is 13.2 Å². The SMILES string of the molecule is CCCS(=O)(=O)N1C[C@@H](c2cn(C(C)C)cn2)[C@]2(CCN(Cc3ccncc3)C2=O)C1. The van der Waals surface area contributed by atoms with Crippen LogP contribution in [-0.2, 0) is 21.4 Å². The number of carbonyl (C=O) groups excluding carboxylic acids is 1. The van der Waals surface area contributed by atoms with Crippen LogP contribution in [0.5, 0.6) is 0 Å². The number of sulfonamides is 1. The van der Waals surface area contributed by atoms with Gasteiger partial charge in [-0.1, -0.05) is 6.92 Å². The number of carbonyl (C=O) groups is 1. The topological polar surface area (TPSA) is 88.4 Å². The van der Waals surface area contributed by atoms with Crippen LogP contribution in [0.2, 0.25) is 0 Å². The molecular weight excluding hydrogens is 414 g/mol. The summed E-state index contributed by atoms with van der Waals surface area (Å²) in [5.41, 5.74) is 1.07. The third kappa shape index (κ3) is 4.01. The summed E-state index contributed by atoms with van der Waals surface area (Å²) in [5.74, 6) is -0.109. The number of nitrogens with zero attached hydrogens (tertiary/aromatic N) is 5. The van der Waals surface area contributed by atoms with Gasteiger partial charge in [-0.05, 0) is 44.4 Å². The van der Waals surface area contributed by atoms with Crippen molar-refractivity contribution in [3.05, 3.63) is 48.3 Å². The number of aromatic nitrogens is 3. The molecule has 0 aliphatic carbocycles. The maximum absolute atomic E-state index is 13.7. The molecule has 0 saturated carbocycles. The normalized spacial score (nSPS) is 24.7. The van der Waals surface area contributed by atoms with Crippen LogP contribution >= 0.6 is 0 Å². The minimum atomic E-state index is -3.40. The second-order valence-electron chi connectivity index (χ2n) is 8.99. The zero-order chi connectivity index (χ0) is 22.2. The number of likely N-dealkylation sites (tertiary alicyclic amines) is 1. The third-order valence-electron chi connectivity index (χ3n) is 6.61. The van der Waals surface area contributed by atoms with Crippen molar-refractivity contribution in [2.24, 2.45) is 5.41 Å². The molecule has 2 aromatic rings. The fraction of sp³-hybridized carbons (Fsp3) is 0.591. The molecule has 2 atom stereocenters. The summed E-state index contributed by atoms with van der Waals surface area (Å²) in [4.78, 5) is 24.3. The van der Waals surface area contributed by atoms with Gasteiger partial charge in [0.25, 0.3) is 0 Å². The Kier molecular flexibility index (Phi) is 5.91. The van der Waals surface area contributed by atoms with Gasteiger partial charge in [0.1, 0.15) is 0 Å². The Balaban J connectivity index is 1.67. The maximum atomic E-state index is 13.7. The van der Waals surface area contributed by atoms with Crippen LogP contribution in [-0.4, -0.2) is 63.5 Å². The predicted molar refractivity (Wildman–Crippen MR) is 118 cm³/mol. The van der Waals surface area contributed by atoms with Gasteiger partial charge in [-0.25, -0.2) is 17.7 Å². The second kappa shape index (κ2) is 8.35. The lowest BCUT2D eigenvalue weighted by Crippen LogP contribution is -2.40. The minimum Gasteiger partial charge on any atom is -0.338 e. The van der Waals surface area contributed by atoms with Crippen molar-refractivity contribution in [2.75, 3.05) is 25.4 Å². The molecule has 0 N–H and O–H groups in total. The van der Waals surface area contributed by atoms with Crippen LogP contribution in [0.4, 0.5) is 0 Å². The van der Waals surface area contributed by atoms with Crippen molar-refractivity contribution in [3.63, 3.8) is 0 Å². The lowest BCUT2D eigenvalue weighted by molar-refractivity contribution is -0.136. The largest absolute Gasteiger partial charge is 0.338 e. The van der Waals surface area contributed by atoms with E-state index in [1.165, 1.54) is 4.31 Å². The van der Waals surface area contributed by atoms with Crippen molar-refractivity contribution >= 4 is 15.9 Å². The van der Waals surface area contributed by atoms with Gasteiger partial charge in [-0.3, -0.25) is 9.78 Å². The molecule has 2 saturated heterocycles. The van der Waals surface area contributed by atoms with Crippen molar-refractivity contribution in [1.29, 1.82) is 0 Å². The van der Waals surface area contributed by atoms with E-state index in [-0.39, 0.29) is 30.2 Å². The van der Waals surface area contributed by atoms with E-state index in [0.29, 0.717) is 32.5 Å². The molecule has 0 aromatic carbocycles. The van der Waals surface area contributed by atoms with E-state index in [0.717, 1.165) is 11.3 Å². The first-order valence-electron chi connectivity index (χ1n) is 11.0. The van der Waals surface area contributed by atoms with E-state index in [1.807, 2.05) is 34.7 Å². The molecule has 1 amide bonds. The fourth-order valence-corrected chi connectivity index (χ4v) is 6.42. The number of hydrogen-bond donors (Lipinski definition) is 0. The van der Waals surface area contributed by atoms with Crippen LogP contribution in [0.1, 0.15) is 56.8 Å². The number of amides is 1. The van der Waals surface area contributed by atoms with Crippen molar-refractivity contribution in [3.8, 4) is 0 Å². The maximum Gasteiger partial charge on any atom is 0.231 e. The summed E-state index contributed by atoms with van der Waals surface area (Å²) >= 11 is 0. The summed E-state index contributed by atoms with van der Waals surface area (Å²) in [6.07, 6.45) is 8.40. The molecule has 168 valence electrons. The van der Waals surface area contributed by atoms with Crippen LogP contribution < -0.4 is 0 Å². The molecule has 0 radical (unpaired) electrons. The lowest BCUT2D eigenvalue weighted by atomic mass is 9.75. The molecule has 31 heavy (non-hydrogen) atoms. The summed E-state index contributed by atoms with van der Waals surface area (Å²) in [7, 11) is -3.40. The molecule has 1 spiro atoms. The standard InChI is InChI=1S/C22H31N5O3S/c1-4-11-31(29,30)27-13-19(20-14-26(16-24-20)17(2)3)22(15-27)7-10-25(21(22)28)12-18-5-8-23-9-6-18/h5-6,8-9,14,16-17,19H,4,7,10-13,15H2,1-3H3/t19-,22-/m0/s1. The van der Waals surface area contributed by atoms with Crippen LogP contribution in [0.25, 0.3) is 0 Å². The van der Waals surface area contributed by atoms with E-state index in [4.69, 9.17) is 0 Å². The molecule has 2 fully saturated rings. The minimum absolute atomic E-state index is 0.0302. The smallest absolute Gasteiger partial charge is 0.231 e. The van der Waals surface area contributed by atoms with Crippen molar-refractivity contribution in [1.82, 2.24) is 23.7 Å². The van der Waals surface area contributed by atoms with Gasteiger partial charge in [0.05, 0.1) is 23.2 Å². The molecule has 8 nitrogen and oxygen atoms in total. The number of imidazole rings is 1. The molecule has 4 heterocycles. The Bertz CT molecular complexity index is 1040. The van der Waals surface area contributed by atoms with E-state index in [1.54, 1.807) is 18.7 Å². The lowest BCUT2D eigenvalue weighted by Gasteiger charge is -2.28. The Morgan fingerprint density at radius 3 is 2.65 bits per heavy atom. The highest BCUT2D eigenvalue weighted by molar-refractivity contribution is 7.89. The summed E-state index contributed by atoms with van der Waals surface area (Å²) in [5, 5.41) is 0. The highest BCUT2D eigenvalue weighted by atomic mass is 32.2. The highest BCUT2D eigenvalue weighted by Gasteiger charge is 2.59. The molecule has 0 unspecified atom stereocenters. The van der Waals surface area contributed by atoms with Gasteiger partial charge >= 0.3 is 0 Å². The van der Waals surface area contributed by atoms with Gasteiger partial charge in [0, 0.05) is 56.7 Å². The van der Waals surface area contributed by atoms with Crippen LogP contribution in [0.15, 0.2) is 37.1 Å². The molecule has 4 rings (SSSR count). The van der Waals surface area contributed by atoms with Crippen molar-refractivity contribution in [2.45, 2.75) is 52.1 Å². The highest BCUT2D eigenvalue weighted by Crippen LogP contribution is 2.50. The quantitative estimate of drug-likeness (QED) is 0.653. The monoisotopic (exact) mass is 445 g/mol. The Labute approximate surface area is 184 Å². The second-order valence-corrected chi connectivity index (χ2v) is 11.1. The Hall–Kier alpha value is -2.26. The molecule has 2 aromatic heterocycles. The first-order chi connectivity index (χ1) is 14.8. The number of hydrogen-bond acceptors (Lipinski definition) is 5. The zero-order valence-electron chi connectivity index (χ0n) is 18.4. The number of rotatable bonds is 7. The average Bonchev–Trinajstić information content (AvgIpc) is 3.44. The Morgan fingerprint density at radius 1 is 1.26 bits per heavy atom. The fourth-order valence-electron chi connectivity index (χ4n) is 4.85. The molecule has 2 aliphatic rings. The van der Waals surface area contributed by atoms with E-state index < -0.39 is 15.4 Å². The first kappa shape index (κ1) is 22.0. The summed E-state index contributed by atoms with van der Waals surface area (Å²) in [6, 6.07) is 4.07. The summed E-state index contributed by atoms with van der Waals surface area (Å²) in [6.45, 7) is 7.69. The van der Waals surface area contributed by atoms with E-state index >= 15 is 0 Å². The van der Waals surface area contributed by atoms with E-state index in [9.17, 15) is 13.2 Å². The van der Waals surface area contributed by atoms with Gasteiger partial charge in [-0.15, -0.1) is 0 Å². The van der Waals surface area contributed by atoms with Gasteiger partial charge in [-0.2, -0.15) is 0 Å².